The molecule has 0 bridgehead atoms. The summed E-state index contributed by atoms with van der Waals surface area (Å²) in [7, 11) is 0. The molecule has 2 aromatic rings. The second kappa shape index (κ2) is 9.29. The van der Waals surface area contributed by atoms with E-state index in [2.05, 4.69) is 24.4 Å². The minimum Gasteiger partial charge on any atom is -0.351 e. The first-order chi connectivity index (χ1) is 15.0. The van der Waals surface area contributed by atoms with Crippen LogP contribution in [0.3, 0.4) is 0 Å². The molecule has 1 aromatic carbocycles. The highest BCUT2D eigenvalue weighted by molar-refractivity contribution is 6.00. The van der Waals surface area contributed by atoms with Gasteiger partial charge in [-0.1, -0.05) is 69.4 Å². The van der Waals surface area contributed by atoms with Crippen LogP contribution in [0, 0.1) is 0 Å². The van der Waals surface area contributed by atoms with Crippen molar-refractivity contribution in [3.63, 3.8) is 0 Å². The molecule has 2 amide bonds. The Morgan fingerprint density at radius 3 is 2.39 bits per heavy atom. The van der Waals surface area contributed by atoms with Crippen molar-refractivity contribution in [3.05, 3.63) is 48.2 Å². The number of unbranched alkanes of at least 4 members (excludes halogenated alkanes) is 1. The highest BCUT2D eigenvalue weighted by Crippen LogP contribution is 2.33. The van der Waals surface area contributed by atoms with Gasteiger partial charge in [-0.05, 0) is 43.9 Å². The van der Waals surface area contributed by atoms with Crippen molar-refractivity contribution < 1.29 is 9.59 Å². The van der Waals surface area contributed by atoms with E-state index in [1.54, 1.807) is 0 Å². The van der Waals surface area contributed by atoms with Crippen LogP contribution in [0.1, 0.15) is 75.7 Å². The summed E-state index contributed by atoms with van der Waals surface area (Å²) >= 11 is 0. The van der Waals surface area contributed by atoms with E-state index >= 15 is 0 Å². The minimum atomic E-state index is -0.895. The predicted molar refractivity (Wildman–Crippen MR) is 124 cm³/mol. The molecule has 1 atom stereocenters. The number of carbonyl (C=O) groups excluding carboxylic acids is 2. The zero-order valence-electron chi connectivity index (χ0n) is 18.9. The number of nitrogens with one attached hydrogen (secondary N) is 1. The van der Waals surface area contributed by atoms with Crippen LogP contribution in [-0.2, 0) is 11.3 Å². The normalized spacial score (nSPS) is 22.1. The van der Waals surface area contributed by atoms with Crippen molar-refractivity contribution in [1.29, 1.82) is 0 Å². The molecule has 4 rings (SSSR count). The van der Waals surface area contributed by atoms with Gasteiger partial charge in [0.1, 0.15) is 11.2 Å². The molecule has 0 saturated heterocycles. The van der Waals surface area contributed by atoms with E-state index in [9.17, 15) is 9.59 Å². The van der Waals surface area contributed by atoms with Crippen LogP contribution < -0.4 is 5.32 Å². The lowest BCUT2D eigenvalue weighted by Crippen LogP contribution is -2.65. The quantitative estimate of drug-likeness (QED) is 0.667. The highest BCUT2D eigenvalue weighted by Gasteiger charge is 2.47. The molecule has 31 heavy (non-hydrogen) atoms. The summed E-state index contributed by atoms with van der Waals surface area (Å²) in [5.74, 6) is -0.0531. The van der Waals surface area contributed by atoms with Gasteiger partial charge in [-0.25, -0.2) is 0 Å². The molecule has 5 heteroatoms. The Hall–Kier alpha value is -2.56. The number of nitrogens with zero attached hydrogens (tertiary/aromatic N) is 2. The molecule has 1 aromatic heterocycles. The van der Waals surface area contributed by atoms with Gasteiger partial charge >= 0.3 is 0 Å². The zero-order valence-corrected chi connectivity index (χ0v) is 18.9. The minimum absolute atomic E-state index is 0.0118. The van der Waals surface area contributed by atoms with Gasteiger partial charge in [-0.15, -0.1) is 0 Å². The third-order valence-corrected chi connectivity index (χ3v) is 6.99. The van der Waals surface area contributed by atoms with E-state index in [0.29, 0.717) is 18.8 Å². The standard InChI is InChI=1S/C26H35N3O2/c1-3-4-18-29-24(30)23-17-16-22(20-12-8-7-9-13-20)28(23)19-26(29,2)25(31)27-21-14-10-5-6-11-15-21/h7-9,12-13,16-17,21H,3-6,10-11,14-15,18-19H2,1-2H3,(H,27,31). The summed E-state index contributed by atoms with van der Waals surface area (Å²) in [4.78, 5) is 29.1. The maximum Gasteiger partial charge on any atom is 0.271 e. The number of hydrogen-bond donors (Lipinski definition) is 1. The number of rotatable bonds is 6. The molecule has 1 aliphatic heterocycles. The van der Waals surface area contributed by atoms with Crippen LogP contribution in [0.25, 0.3) is 11.3 Å². The Kier molecular flexibility index (Phi) is 6.49. The van der Waals surface area contributed by atoms with E-state index in [1.165, 1.54) is 25.7 Å². The van der Waals surface area contributed by atoms with Crippen LogP contribution >= 0.6 is 0 Å². The van der Waals surface area contributed by atoms with Gasteiger partial charge in [-0.2, -0.15) is 0 Å². The van der Waals surface area contributed by atoms with Crippen molar-refractivity contribution in [2.24, 2.45) is 0 Å². The third-order valence-electron chi connectivity index (χ3n) is 6.99. The van der Waals surface area contributed by atoms with Crippen molar-refractivity contribution in [2.75, 3.05) is 6.54 Å². The van der Waals surface area contributed by atoms with Crippen molar-refractivity contribution in [2.45, 2.75) is 83.3 Å². The number of carbonyl (C=O) groups is 2. The number of fused-ring (bicyclic) bond motifs is 1. The van der Waals surface area contributed by atoms with Crippen molar-refractivity contribution in [3.8, 4) is 11.3 Å². The molecule has 0 radical (unpaired) electrons. The fraction of sp³-hybridized carbons (Fsp3) is 0.538. The first-order valence-corrected chi connectivity index (χ1v) is 11.9. The largest absolute Gasteiger partial charge is 0.351 e. The van der Waals surface area contributed by atoms with E-state index in [0.717, 1.165) is 36.9 Å². The van der Waals surface area contributed by atoms with Crippen LogP contribution in [-0.4, -0.2) is 39.4 Å². The van der Waals surface area contributed by atoms with Crippen LogP contribution in [0.5, 0.6) is 0 Å². The van der Waals surface area contributed by atoms with Crippen LogP contribution in [0.4, 0.5) is 0 Å². The monoisotopic (exact) mass is 421 g/mol. The lowest BCUT2D eigenvalue weighted by atomic mass is 9.93. The van der Waals surface area contributed by atoms with E-state index < -0.39 is 5.54 Å². The smallest absolute Gasteiger partial charge is 0.271 e. The summed E-state index contributed by atoms with van der Waals surface area (Å²) in [6, 6.07) is 14.2. The number of hydrogen-bond acceptors (Lipinski definition) is 2. The average Bonchev–Trinajstić information content (AvgIpc) is 3.02. The summed E-state index contributed by atoms with van der Waals surface area (Å²) in [5.41, 5.74) is 1.84. The lowest BCUT2D eigenvalue weighted by molar-refractivity contribution is -0.133. The third kappa shape index (κ3) is 4.28. The molecule has 1 N–H and O–H groups in total. The average molecular weight is 422 g/mol. The maximum absolute atomic E-state index is 13.7. The van der Waals surface area contributed by atoms with Crippen molar-refractivity contribution in [1.82, 2.24) is 14.8 Å². The van der Waals surface area contributed by atoms with Gasteiger partial charge in [0.2, 0.25) is 5.91 Å². The fourth-order valence-electron chi connectivity index (χ4n) is 5.06. The van der Waals surface area contributed by atoms with Gasteiger partial charge in [-0.3, -0.25) is 9.59 Å². The molecule has 5 nitrogen and oxygen atoms in total. The first kappa shape index (κ1) is 21.7. The Bertz CT molecular complexity index is 912. The molecule has 1 aliphatic carbocycles. The SMILES string of the molecule is CCCCN1C(=O)c2ccc(-c3ccccc3)n2CC1(C)C(=O)NC1CCCCCC1. The van der Waals surface area contributed by atoms with Gasteiger partial charge in [0.25, 0.3) is 5.91 Å². The summed E-state index contributed by atoms with van der Waals surface area (Å²) in [6.45, 7) is 5.15. The Morgan fingerprint density at radius 2 is 1.71 bits per heavy atom. The number of amides is 2. The molecule has 2 heterocycles. The number of aromatic nitrogens is 1. The fourth-order valence-corrected chi connectivity index (χ4v) is 5.06. The second-order valence-corrected chi connectivity index (χ2v) is 9.30. The predicted octanol–water partition coefficient (Wildman–Crippen LogP) is 5.01. The lowest BCUT2D eigenvalue weighted by Gasteiger charge is -2.45. The van der Waals surface area contributed by atoms with E-state index in [4.69, 9.17) is 0 Å². The molecule has 1 fully saturated rings. The molecule has 166 valence electrons. The van der Waals surface area contributed by atoms with E-state index in [-0.39, 0.29) is 17.9 Å². The highest BCUT2D eigenvalue weighted by atomic mass is 16.2. The maximum atomic E-state index is 13.7. The Balaban J connectivity index is 1.67. The van der Waals surface area contributed by atoms with Gasteiger partial charge in [0, 0.05) is 18.3 Å². The van der Waals surface area contributed by atoms with Crippen LogP contribution in [0.15, 0.2) is 42.5 Å². The zero-order chi connectivity index (χ0) is 21.8. The topological polar surface area (TPSA) is 54.3 Å². The summed E-state index contributed by atoms with van der Waals surface area (Å²) in [5, 5.41) is 3.33. The molecule has 1 saturated carbocycles. The molecule has 0 spiro atoms. The van der Waals surface area contributed by atoms with Crippen LogP contribution in [0.2, 0.25) is 0 Å². The molecular weight excluding hydrogens is 386 g/mol. The Labute approximate surface area is 185 Å². The van der Waals surface area contributed by atoms with Gasteiger partial charge in [0.05, 0.1) is 6.54 Å². The molecule has 2 aliphatic rings. The Morgan fingerprint density at radius 1 is 1.03 bits per heavy atom. The van der Waals surface area contributed by atoms with Gasteiger partial charge < -0.3 is 14.8 Å². The molecular formula is C26H35N3O2. The van der Waals surface area contributed by atoms with E-state index in [1.807, 2.05) is 46.7 Å². The second-order valence-electron chi connectivity index (χ2n) is 9.30. The van der Waals surface area contributed by atoms with Crippen molar-refractivity contribution >= 4 is 11.8 Å². The number of benzene rings is 1. The molecule has 1 unspecified atom stereocenters. The summed E-state index contributed by atoms with van der Waals surface area (Å²) < 4.78 is 2.05. The van der Waals surface area contributed by atoms with Gasteiger partial charge in [0.15, 0.2) is 0 Å². The summed E-state index contributed by atoms with van der Waals surface area (Å²) in [6.07, 6.45) is 8.78. The first-order valence-electron chi connectivity index (χ1n) is 11.9.